The lowest BCUT2D eigenvalue weighted by Gasteiger charge is -2.12. The van der Waals surface area contributed by atoms with Gasteiger partial charge < -0.3 is 5.11 Å². The normalized spacial score (nSPS) is 20.2. The van der Waals surface area contributed by atoms with Gasteiger partial charge in [-0.15, -0.1) is 0 Å². The summed E-state index contributed by atoms with van der Waals surface area (Å²) in [5.41, 5.74) is 2.50. The van der Waals surface area contributed by atoms with Crippen molar-refractivity contribution in [3.63, 3.8) is 0 Å². The molecule has 2 aliphatic rings. The molecule has 0 spiro atoms. The van der Waals surface area contributed by atoms with Crippen LogP contribution in [0.3, 0.4) is 0 Å². The molecule has 0 aromatic carbocycles. The van der Waals surface area contributed by atoms with Gasteiger partial charge in [-0.05, 0) is 32.1 Å². The van der Waals surface area contributed by atoms with Gasteiger partial charge in [0, 0.05) is 11.3 Å². The first kappa shape index (κ1) is 9.87. The van der Waals surface area contributed by atoms with Gasteiger partial charge in [-0.3, -0.25) is 4.68 Å². The fourth-order valence-corrected chi connectivity index (χ4v) is 3.09. The predicted octanol–water partition coefficient (Wildman–Crippen LogP) is 2.19. The van der Waals surface area contributed by atoms with Crippen LogP contribution in [0.25, 0.3) is 0 Å². The van der Waals surface area contributed by atoms with E-state index in [1.807, 2.05) is 4.68 Å². The van der Waals surface area contributed by atoms with Crippen molar-refractivity contribution in [2.24, 2.45) is 0 Å². The Morgan fingerprint density at radius 1 is 1.25 bits per heavy atom. The summed E-state index contributed by atoms with van der Waals surface area (Å²) in [6.07, 6.45) is 7.81. The van der Waals surface area contributed by atoms with Gasteiger partial charge in [-0.25, -0.2) is 4.79 Å². The Bertz CT molecular complexity index is 430. The Morgan fingerprint density at radius 2 is 2.00 bits per heavy atom. The number of hydrogen-bond donors (Lipinski definition) is 1. The van der Waals surface area contributed by atoms with E-state index in [0.717, 1.165) is 37.7 Å². The van der Waals surface area contributed by atoms with Crippen LogP contribution in [0, 0.1) is 0 Å². The fourth-order valence-electron chi connectivity index (χ4n) is 3.09. The second-order valence-electron chi connectivity index (χ2n) is 4.82. The average Bonchev–Trinajstić information content (AvgIpc) is 2.93. The number of carboxylic acid groups (broad SMARTS) is 1. The molecule has 4 heteroatoms. The Labute approximate surface area is 94.3 Å². The van der Waals surface area contributed by atoms with Crippen LogP contribution in [-0.4, -0.2) is 20.9 Å². The summed E-state index contributed by atoms with van der Waals surface area (Å²) in [5, 5.41) is 13.5. The van der Waals surface area contributed by atoms with Crippen molar-refractivity contribution in [3.05, 3.63) is 17.0 Å². The van der Waals surface area contributed by atoms with Gasteiger partial charge in [-0.2, -0.15) is 5.10 Å². The molecule has 2 aliphatic carbocycles. The Kier molecular flexibility index (Phi) is 2.23. The third-order valence-corrected chi connectivity index (χ3v) is 3.83. The molecular formula is C12H16N2O2. The number of rotatable bonds is 2. The maximum Gasteiger partial charge on any atom is 0.356 e. The zero-order valence-corrected chi connectivity index (χ0v) is 9.28. The first-order valence-electron chi connectivity index (χ1n) is 6.11. The minimum atomic E-state index is -0.866. The second kappa shape index (κ2) is 3.61. The number of aromatic carboxylic acids is 1. The van der Waals surface area contributed by atoms with E-state index in [1.54, 1.807) is 0 Å². The highest BCUT2D eigenvalue weighted by atomic mass is 16.4. The number of carboxylic acids is 1. The maximum atomic E-state index is 11.1. The monoisotopic (exact) mass is 220 g/mol. The van der Waals surface area contributed by atoms with Crippen LogP contribution in [0.4, 0.5) is 0 Å². The van der Waals surface area contributed by atoms with Gasteiger partial charge in [0.1, 0.15) is 0 Å². The van der Waals surface area contributed by atoms with Gasteiger partial charge in [0.05, 0.1) is 6.04 Å². The van der Waals surface area contributed by atoms with Gasteiger partial charge in [0.25, 0.3) is 0 Å². The number of carbonyl (C=O) groups is 1. The van der Waals surface area contributed by atoms with E-state index >= 15 is 0 Å². The summed E-state index contributed by atoms with van der Waals surface area (Å²) in [4.78, 5) is 11.1. The Morgan fingerprint density at radius 3 is 2.69 bits per heavy atom. The van der Waals surface area contributed by atoms with E-state index in [9.17, 15) is 4.79 Å². The molecule has 0 bridgehead atoms. The van der Waals surface area contributed by atoms with E-state index in [0.29, 0.717) is 11.7 Å². The van der Waals surface area contributed by atoms with Crippen LogP contribution in [0.15, 0.2) is 0 Å². The van der Waals surface area contributed by atoms with Crippen molar-refractivity contribution in [2.45, 2.75) is 51.0 Å². The van der Waals surface area contributed by atoms with Crippen molar-refractivity contribution in [1.82, 2.24) is 9.78 Å². The number of aromatic nitrogens is 2. The summed E-state index contributed by atoms with van der Waals surface area (Å²) >= 11 is 0. The van der Waals surface area contributed by atoms with Crippen LogP contribution >= 0.6 is 0 Å². The molecule has 16 heavy (non-hydrogen) atoms. The molecule has 0 unspecified atom stereocenters. The molecule has 1 fully saturated rings. The lowest BCUT2D eigenvalue weighted by atomic mass is 10.2. The molecule has 3 rings (SSSR count). The third kappa shape index (κ3) is 1.36. The standard InChI is InChI=1S/C12H16N2O2/c15-12(16)11-9-6-3-7-10(9)14(13-11)8-4-1-2-5-8/h8H,1-7H2,(H,15,16). The Hall–Kier alpha value is -1.32. The number of nitrogens with zero attached hydrogens (tertiary/aromatic N) is 2. The lowest BCUT2D eigenvalue weighted by molar-refractivity contribution is 0.0688. The van der Waals surface area contributed by atoms with E-state index < -0.39 is 5.97 Å². The van der Waals surface area contributed by atoms with Crippen molar-refractivity contribution in [1.29, 1.82) is 0 Å². The highest BCUT2D eigenvalue weighted by molar-refractivity contribution is 5.87. The quantitative estimate of drug-likeness (QED) is 0.831. The minimum Gasteiger partial charge on any atom is -0.476 e. The van der Waals surface area contributed by atoms with E-state index in [4.69, 9.17) is 5.11 Å². The highest BCUT2D eigenvalue weighted by Crippen LogP contribution is 2.34. The smallest absolute Gasteiger partial charge is 0.356 e. The molecule has 86 valence electrons. The van der Waals surface area contributed by atoms with Crippen molar-refractivity contribution < 1.29 is 9.90 Å². The molecular weight excluding hydrogens is 204 g/mol. The van der Waals surface area contributed by atoms with Crippen LogP contribution < -0.4 is 0 Å². The van der Waals surface area contributed by atoms with E-state index in [1.165, 1.54) is 18.5 Å². The molecule has 1 heterocycles. The molecule has 0 radical (unpaired) electrons. The van der Waals surface area contributed by atoms with E-state index in [2.05, 4.69) is 5.10 Å². The van der Waals surface area contributed by atoms with Gasteiger partial charge in [0.15, 0.2) is 5.69 Å². The molecule has 1 N–H and O–H groups in total. The zero-order valence-electron chi connectivity index (χ0n) is 9.28. The second-order valence-corrected chi connectivity index (χ2v) is 4.82. The largest absolute Gasteiger partial charge is 0.476 e. The molecule has 1 aromatic rings. The topological polar surface area (TPSA) is 55.1 Å². The van der Waals surface area contributed by atoms with Gasteiger partial charge >= 0.3 is 5.97 Å². The Balaban J connectivity index is 2.05. The maximum absolute atomic E-state index is 11.1. The summed E-state index contributed by atoms with van der Waals surface area (Å²) in [6, 6.07) is 0.458. The van der Waals surface area contributed by atoms with Crippen LogP contribution in [0.1, 0.15) is 59.9 Å². The highest BCUT2D eigenvalue weighted by Gasteiger charge is 2.29. The van der Waals surface area contributed by atoms with Crippen molar-refractivity contribution >= 4 is 5.97 Å². The fraction of sp³-hybridized carbons (Fsp3) is 0.667. The minimum absolute atomic E-state index is 0.305. The van der Waals surface area contributed by atoms with Crippen LogP contribution in [0.2, 0.25) is 0 Å². The average molecular weight is 220 g/mol. The summed E-state index contributed by atoms with van der Waals surface area (Å²) in [5.74, 6) is -0.866. The summed E-state index contributed by atoms with van der Waals surface area (Å²) in [7, 11) is 0. The SMILES string of the molecule is O=C(O)c1nn(C2CCCC2)c2c1CCC2. The number of hydrogen-bond acceptors (Lipinski definition) is 2. The van der Waals surface area contributed by atoms with E-state index in [-0.39, 0.29) is 0 Å². The number of fused-ring (bicyclic) bond motifs is 1. The van der Waals surface area contributed by atoms with Crippen LogP contribution in [-0.2, 0) is 12.8 Å². The van der Waals surface area contributed by atoms with Gasteiger partial charge in [-0.1, -0.05) is 12.8 Å². The molecule has 0 amide bonds. The van der Waals surface area contributed by atoms with Crippen molar-refractivity contribution in [2.75, 3.05) is 0 Å². The third-order valence-electron chi connectivity index (χ3n) is 3.83. The predicted molar refractivity (Wildman–Crippen MR) is 58.7 cm³/mol. The zero-order chi connectivity index (χ0) is 11.1. The molecule has 4 nitrogen and oxygen atoms in total. The lowest BCUT2D eigenvalue weighted by Crippen LogP contribution is -2.11. The van der Waals surface area contributed by atoms with Gasteiger partial charge in [0.2, 0.25) is 0 Å². The summed E-state index contributed by atoms with van der Waals surface area (Å²) in [6.45, 7) is 0. The molecule has 0 saturated heterocycles. The van der Waals surface area contributed by atoms with Crippen molar-refractivity contribution in [3.8, 4) is 0 Å². The first-order chi connectivity index (χ1) is 7.77. The molecule has 0 aliphatic heterocycles. The molecule has 1 saturated carbocycles. The molecule has 0 atom stereocenters. The first-order valence-corrected chi connectivity index (χ1v) is 6.11. The summed E-state index contributed by atoms with van der Waals surface area (Å²) < 4.78 is 2.03. The van der Waals surface area contributed by atoms with Crippen LogP contribution in [0.5, 0.6) is 0 Å². The molecule has 1 aromatic heterocycles.